The maximum Gasteiger partial charge on any atom is 0.196 e. The molecule has 1 aromatic heterocycles. The summed E-state index contributed by atoms with van der Waals surface area (Å²) in [6.45, 7) is 5.64. The van der Waals surface area contributed by atoms with Crippen LogP contribution in [0.25, 0.3) is 17.1 Å². The number of allylic oxidation sites excluding steroid dienone is 1. The van der Waals surface area contributed by atoms with Crippen LogP contribution in [-0.2, 0) is 10.2 Å². The van der Waals surface area contributed by atoms with Crippen LogP contribution in [0.4, 0.5) is 0 Å². The van der Waals surface area contributed by atoms with Crippen molar-refractivity contribution in [3.05, 3.63) is 63.5 Å². The Bertz CT molecular complexity index is 899. The van der Waals surface area contributed by atoms with E-state index in [9.17, 15) is 14.7 Å². The fourth-order valence-electron chi connectivity index (χ4n) is 3.67. The van der Waals surface area contributed by atoms with E-state index in [1.807, 2.05) is 51.1 Å². The van der Waals surface area contributed by atoms with Crippen LogP contribution in [0.2, 0.25) is 0 Å². The molecule has 0 radical (unpaired) electrons. The van der Waals surface area contributed by atoms with Gasteiger partial charge in [-0.2, -0.15) is 0 Å². The minimum absolute atomic E-state index is 0.139. The van der Waals surface area contributed by atoms with Gasteiger partial charge in [-0.1, -0.05) is 51.1 Å². The Morgan fingerprint density at radius 1 is 1.04 bits per heavy atom. The number of benzene rings is 1. The molecule has 130 valence electrons. The van der Waals surface area contributed by atoms with Crippen molar-refractivity contribution in [2.45, 2.75) is 45.4 Å². The standard InChI is InChI=1S/C21H22O4/c1-4-14-18(23)17-15(22)12-16(13-10-8-7-9-11-13)25-20(17)21(5-2,6-3)19(14)24/h7-12,23H,4-6H2,1-3H3. The summed E-state index contributed by atoms with van der Waals surface area (Å²) < 4.78 is 6.08. The zero-order chi connectivity index (χ0) is 18.2. The first-order valence-electron chi connectivity index (χ1n) is 8.71. The first-order chi connectivity index (χ1) is 12.0. The zero-order valence-electron chi connectivity index (χ0n) is 14.8. The van der Waals surface area contributed by atoms with Crippen LogP contribution < -0.4 is 5.43 Å². The Labute approximate surface area is 146 Å². The third-order valence-electron chi connectivity index (χ3n) is 5.23. The summed E-state index contributed by atoms with van der Waals surface area (Å²) >= 11 is 0. The van der Waals surface area contributed by atoms with Crippen molar-refractivity contribution in [3.63, 3.8) is 0 Å². The van der Waals surface area contributed by atoms with E-state index in [-0.39, 0.29) is 22.5 Å². The topological polar surface area (TPSA) is 67.5 Å². The van der Waals surface area contributed by atoms with Gasteiger partial charge < -0.3 is 9.52 Å². The van der Waals surface area contributed by atoms with Gasteiger partial charge in [0.2, 0.25) is 0 Å². The van der Waals surface area contributed by atoms with Crippen molar-refractivity contribution in [1.29, 1.82) is 0 Å². The van der Waals surface area contributed by atoms with Crippen LogP contribution in [0.1, 0.15) is 51.4 Å². The number of fused-ring (bicyclic) bond motifs is 1. The van der Waals surface area contributed by atoms with Crippen LogP contribution >= 0.6 is 0 Å². The molecular weight excluding hydrogens is 316 g/mol. The lowest BCUT2D eigenvalue weighted by Gasteiger charge is -2.35. The smallest absolute Gasteiger partial charge is 0.196 e. The fourth-order valence-corrected chi connectivity index (χ4v) is 3.67. The number of hydrogen-bond donors (Lipinski definition) is 1. The quantitative estimate of drug-likeness (QED) is 0.883. The van der Waals surface area contributed by atoms with E-state index in [4.69, 9.17) is 4.42 Å². The van der Waals surface area contributed by atoms with Crippen molar-refractivity contribution in [2.24, 2.45) is 0 Å². The fraction of sp³-hybridized carbons (Fsp3) is 0.333. The van der Waals surface area contributed by atoms with Crippen LogP contribution in [0, 0.1) is 0 Å². The van der Waals surface area contributed by atoms with Gasteiger partial charge in [-0.15, -0.1) is 0 Å². The van der Waals surface area contributed by atoms with Crippen molar-refractivity contribution in [2.75, 3.05) is 0 Å². The molecule has 4 nitrogen and oxygen atoms in total. The Morgan fingerprint density at radius 2 is 1.68 bits per heavy atom. The van der Waals surface area contributed by atoms with Crippen LogP contribution in [0.3, 0.4) is 0 Å². The maximum atomic E-state index is 13.1. The predicted molar refractivity (Wildman–Crippen MR) is 97.5 cm³/mol. The van der Waals surface area contributed by atoms with E-state index >= 15 is 0 Å². The number of ketones is 1. The van der Waals surface area contributed by atoms with Crippen LogP contribution in [0.15, 0.2) is 51.2 Å². The van der Waals surface area contributed by atoms with Gasteiger partial charge in [0.05, 0.1) is 5.41 Å². The molecule has 0 unspecified atom stereocenters. The average molecular weight is 338 g/mol. The van der Waals surface area contributed by atoms with Gasteiger partial charge in [0, 0.05) is 17.2 Å². The van der Waals surface area contributed by atoms with Crippen molar-refractivity contribution in [1.82, 2.24) is 0 Å². The lowest BCUT2D eigenvalue weighted by molar-refractivity contribution is -0.122. The number of carbonyl (C=O) groups is 1. The maximum absolute atomic E-state index is 13.1. The van der Waals surface area contributed by atoms with Crippen molar-refractivity contribution < 1.29 is 14.3 Å². The van der Waals surface area contributed by atoms with E-state index in [0.29, 0.717) is 36.4 Å². The number of rotatable bonds is 4. The molecule has 3 rings (SSSR count). The molecule has 1 aliphatic carbocycles. The molecule has 0 atom stereocenters. The van der Waals surface area contributed by atoms with Gasteiger partial charge in [-0.25, -0.2) is 0 Å². The Hall–Kier alpha value is -2.62. The Balaban J connectivity index is 2.38. The molecule has 25 heavy (non-hydrogen) atoms. The van der Waals surface area contributed by atoms with E-state index < -0.39 is 5.41 Å². The van der Waals surface area contributed by atoms with Crippen molar-refractivity contribution >= 4 is 11.5 Å². The predicted octanol–water partition coefficient (Wildman–Crippen LogP) is 4.63. The zero-order valence-corrected chi connectivity index (χ0v) is 14.8. The minimum atomic E-state index is -0.906. The molecule has 0 saturated heterocycles. The normalized spacial score (nSPS) is 16.0. The highest BCUT2D eigenvalue weighted by Gasteiger charge is 2.48. The van der Waals surface area contributed by atoms with Gasteiger partial charge in [-0.3, -0.25) is 9.59 Å². The number of Topliss-reactive ketones (excluding diaryl/α,β-unsaturated/α-hetero) is 1. The minimum Gasteiger partial charge on any atom is -0.507 e. The Morgan fingerprint density at radius 3 is 2.24 bits per heavy atom. The summed E-state index contributed by atoms with van der Waals surface area (Å²) in [5, 5.41) is 10.6. The molecule has 0 fully saturated rings. The number of hydrogen-bond acceptors (Lipinski definition) is 4. The summed E-state index contributed by atoms with van der Waals surface area (Å²) in [6, 6.07) is 10.7. The molecule has 0 bridgehead atoms. The molecule has 1 aliphatic rings. The first-order valence-corrected chi connectivity index (χ1v) is 8.71. The van der Waals surface area contributed by atoms with Gasteiger partial charge in [0.25, 0.3) is 0 Å². The van der Waals surface area contributed by atoms with E-state index in [1.165, 1.54) is 6.07 Å². The molecule has 2 aromatic rings. The van der Waals surface area contributed by atoms with Gasteiger partial charge in [0.15, 0.2) is 11.2 Å². The van der Waals surface area contributed by atoms with Gasteiger partial charge in [-0.05, 0) is 19.3 Å². The second-order valence-electron chi connectivity index (χ2n) is 6.34. The lowest BCUT2D eigenvalue weighted by atomic mass is 9.68. The second-order valence-corrected chi connectivity index (χ2v) is 6.34. The molecule has 1 aromatic carbocycles. The summed E-state index contributed by atoms with van der Waals surface area (Å²) in [4.78, 5) is 25.9. The highest BCUT2D eigenvalue weighted by atomic mass is 16.3. The SMILES string of the molecule is CCC1=C(O)c2c(oc(-c3ccccc3)cc2=O)C(CC)(CC)C1=O. The van der Waals surface area contributed by atoms with Crippen LogP contribution in [0.5, 0.6) is 0 Å². The third kappa shape index (κ3) is 2.44. The van der Waals surface area contributed by atoms with E-state index in [2.05, 4.69) is 0 Å². The van der Waals surface area contributed by atoms with Crippen molar-refractivity contribution in [3.8, 4) is 11.3 Å². The molecule has 1 N–H and O–H groups in total. The largest absolute Gasteiger partial charge is 0.507 e. The number of aliphatic hydroxyl groups is 1. The van der Waals surface area contributed by atoms with Gasteiger partial charge >= 0.3 is 0 Å². The second kappa shape index (κ2) is 6.36. The molecule has 0 amide bonds. The molecule has 1 heterocycles. The molecule has 0 spiro atoms. The molecular formula is C21H22O4. The average Bonchev–Trinajstić information content (AvgIpc) is 2.63. The molecule has 0 aliphatic heterocycles. The third-order valence-corrected chi connectivity index (χ3v) is 5.23. The highest BCUT2D eigenvalue weighted by Crippen LogP contribution is 2.44. The van der Waals surface area contributed by atoms with Gasteiger partial charge in [0.1, 0.15) is 22.8 Å². The highest BCUT2D eigenvalue weighted by molar-refractivity contribution is 6.10. The molecule has 4 heteroatoms. The van der Waals surface area contributed by atoms with E-state index in [1.54, 1.807) is 0 Å². The Kier molecular flexibility index (Phi) is 4.38. The number of aliphatic hydroxyl groups excluding tert-OH is 1. The molecule has 0 saturated carbocycles. The summed E-state index contributed by atoms with van der Waals surface area (Å²) in [7, 11) is 0. The van der Waals surface area contributed by atoms with E-state index in [0.717, 1.165) is 5.56 Å². The summed E-state index contributed by atoms with van der Waals surface area (Å²) in [6.07, 6.45) is 1.40. The number of carbonyl (C=O) groups excluding carboxylic acids is 1. The summed E-state index contributed by atoms with van der Waals surface area (Å²) in [5.41, 5.74) is -0.00420. The summed E-state index contributed by atoms with van der Waals surface area (Å²) in [5.74, 6) is 0.339. The monoisotopic (exact) mass is 338 g/mol. The van der Waals surface area contributed by atoms with Crippen LogP contribution in [-0.4, -0.2) is 10.9 Å². The first kappa shape index (κ1) is 17.2. The lowest BCUT2D eigenvalue weighted by Crippen LogP contribution is -2.41.